The first-order valence-corrected chi connectivity index (χ1v) is 6.43. The lowest BCUT2D eigenvalue weighted by molar-refractivity contribution is -0.137. The molecule has 0 fully saturated rings. The molecule has 0 aliphatic heterocycles. The molecule has 1 aromatic carbocycles. The fourth-order valence-corrected chi connectivity index (χ4v) is 1.88. The molecule has 102 valence electrons. The Hall–Kier alpha value is -0.460. The number of aliphatic hydroxyl groups is 1. The summed E-state index contributed by atoms with van der Waals surface area (Å²) in [6, 6.07) is 2.04. The van der Waals surface area contributed by atoms with Gasteiger partial charge in [0.1, 0.15) is 0 Å². The zero-order valence-electron chi connectivity index (χ0n) is 9.48. The van der Waals surface area contributed by atoms with E-state index in [9.17, 15) is 18.3 Å². The summed E-state index contributed by atoms with van der Waals surface area (Å²) >= 11 is 8.50. The van der Waals surface area contributed by atoms with Crippen molar-refractivity contribution in [2.24, 2.45) is 0 Å². The zero-order valence-corrected chi connectivity index (χ0v) is 11.8. The van der Waals surface area contributed by atoms with E-state index in [4.69, 9.17) is 11.6 Å². The maximum atomic E-state index is 12.6. The number of nitrogens with one attached hydrogen (secondary N) is 1. The Balaban J connectivity index is 3.00. The van der Waals surface area contributed by atoms with Gasteiger partial charge in [0.25, 0.3) is 0 Å². The first-order chi connectivity index (χ1) is 8.25. The summed E-state index contributed by atoms with van der Waals surface area (Å²) in [5, 5.41) is 12.0. The lowest BCUT2D eigenvalue weighted by atomic mass is 10.1. The summed E-state index contributed by atoms with van der Waals surface area (Å²) < 4.78 is 38.2. The number of hydrogen-bond acceptors (Lipinski definition) is 2. The van der Waals surface area contributed by atoms with Crippen LogP contribution >= 0.6 is 27.5 Å². The highest BCUT2D eigenvalue weighted by Gasteiger charge is 2.31. The molecule has 0 aromatic heterocycles. The van der Waals surface area contributed by atoms with Crippen LogP contribution in [0.5, 0.6) is 0 Å². The topological polar surface area (TPSA) is 32.3 Å². The van der Waals surface area contributed by atoms with Gasteiger partial charge in [0, 0.05) is 16.7 Å². The third-order valence-electron chi connectivity index (χ3n) is 2.38. The molecule has 2 N–H and O–H groups in total. The first kappa shape index (κ1) is 15.6. The van der Waals surface area contributed by atoms with E-state index in [0.717, 1.165) is 12.1 Å². The van der Waals surface area contributed by atoms with Gasteiger partial charge >= 0.3 is 6.18 Å². The van der Waals surface area contributed by atoms with Crippen molar-refractivity contribution in [3.05, 3.63) is 27.7 Å². The second kappa shape index (κ2) is 6.12. The van der Waals surface area contributed by atoms with Gasteiger partial charge in [-0.25, -0.2) is 0 Å². The van der Waals surface area contributed by atoms with Crippen molar-refractivity contribution in [3.8, 4) is 0 Å². The van der Waals surface area contributed by atoms with Crippen LogP contribution < -0.4 is 5.32 Å². The second-order valence-corrected chi connectivity index (χ2v) is 4.98. The minimum atomic E-state index is -4.41. The fourth-order valence-electron chi connectivity index (χ4n) is 1.31. The molecule has 0 saturated carbocycles. The maximum absolute atomic E-state index is 12.6. The van der Waals surface area contributed by atoms with E-state index in [1.54, 1.807) is 6.92 Å². The standard InChI is InChI=1S/C11H12BrClF3NO/c1-6-9(12)2-7(11(14,15)16)3-10(6)17-5-8(18)4-13/h2-3,8,17-18H,4-5H2,1H3. The van der Waals surface area contributed by atoms with Crippen LogP contribution in [0.4, 0.5) is 18.9 Å². The normalized spacial score (nSPS) is 13.5. The van der Waals surface area contributed by atoms with Crippen molar-refractivity contribution in [1.29, 1.82) is 0 Å². The molecule has 7 heteroatoms. The Morgan fingerprint density at radius 1 is 1.44 bits per heavy atom. The number of aliphatic hydroxyl groups excluding tert-OH is 1. The van der Waals surface area contributed by atoms with E-state index in [1.165, 1.54) is 0 Å². The fraction of sp³-hybridized carbons (Fsp3) is 0.455. The SMILES string of the molecule is Cc1c(Br)cc(C(F)(F)F)cc1NCC(O)CCl. The van der Waals surface area contributed by atoms with Crippen molar-refractivity contribution in [2.45, 2.75) is 19.2 Å². The Morgan fingerprint density at radius 3 is 2.56 bits per heavy atom. The molecule has 1 aromatic rings. The lowest BCUT2D eigenvalue weighted by Gasteiger charge is -2.16. The predicted octanol–water partition coefficient (Wildman–Crippen LogP) is 3.79. The largest absolute Gasteiger partial charge is 0.416 e. The molecule has 0 aliphatic carbocycles. The van der Waals surface area contributed by atoms with Crippen molar-refractivity contribution in [1.82, 2.24) is 0 Å². The molecule has 2 nitrogen and oxygen atoms in total. The average molecular weight is 347 g/mol. The van der Waals surface area contributed by atoms with Gasteiger partial charge < -0.3 is 10.4 Å². The van der Waals surface area contributed by atoms with Gasteiger partial charge in [0.15, 0.2) is 0 Å². The van der Waals surface area contributed by atoms with E-state index in [2.05, 4.69) is 21.2 Å². The smallest absolute Gasteiger partial charge is 0.390 e. The summed E-state index contributed by atoms with van der Waals surface area (Å²) in [7, 11) is 0. The molecule has 1 unspecified atom stereocenters. The van der Waals surface area contributed by atoms with Gasteiger partial charge in [-0.3, -0.25) is 0 Å². The van der Waals surface area contributed by atoms with Crippen molar-refractivity contribution in [3.63, 3.8) is 0 Å². The van der Waals surface area contributed by atoms with Crippen LogP contribution in [-0.4, -0.2) is 23.6 Å². The van der Waals surface area contributed by atoms with E-state index in [-0.39, 0.29) is 12.4 Å². The van der Waals surface area contributed by atoms with E-state index in [1.807, 2.05) is 0 Å². The summed E-state index contributed by atoms with van der Waals surface area (Å²) in [6.45, 7) is 1.78. The van der Waals surface area contributed by atoms with Gasteiger partial charge in [-0.1, -0.05) is 15.9 Å². The van der Waals surface area contributed by atoms with Gasteiger partial charge in [0.05, 0.1) is 17.5 Å². The average Bonchev–Trinajstić information content (AvgIpc) is 2.28. The minimum absolute atomic E-state index is 0.0200. The summed E-state index contributed by atoms with van der Waals surface area (Å²) in [6.07, 6.45) is -5.21. The highest BCUT2D eigenvalue weighted by molar-refractivity contribution is 9.10. The van der Waals surface area contributed by atoms with Gasteiger partial charge in [-0.05, 0) is 24.6 Å². The molecule has 18 heavy (non-hydrogen) atoms. The molecular weight excluding hydrogens is 334 g/mol. The molecule has 1 atom stereocenters. The van der Waals surface area contributed by atoms with Crippen LogP contribution in [0.3, 0.4) is 0 Å². The number of rotatable bonds is 4. The minimum Gasteiger partial charge on any atom is -0.390 e. The quantitative estimate of drug-likeness (QED) is 0.813. The van der Waals surface area contributed by atoms with Gasteiger partial charge in [-0.15, -0.1) is 11.6 Å². The maximum Gasteiger partial charge on any atom is 0.416 e. The number of alkyl halides is 4. The van der Waals surface area contributed by atoms with Gasteiger partial charge in [0.2, 0.25) is 0 Å². The Labute approximate surface area is 116 Å². The lowest BCUT2D eigenvalue weighted by Crippen LogP contribution is -2.21. The number of benzene rings is 1. The Kier molecular flexibility index (Phi) is 5.31. The molecule has 0 spiro atoms. The summed E-state index contributed by atoms with van der Waals surface area (Å²) in [5.74, 6) is 0.0200. The highest BCUT2D eigenvalue weighted by atomic mass is 79.9. The van der Waals surface area contributed by atoms with Gasteiger partial charge in [-0.2, -0.15) is 13.2 Å². The molecular formula is C11H12BrClF3NO. The molecule has 0 amide bonds. The second-order valence-electron chi connectivity index (χ2n) is 3.82. The van der Waals surface area contributed by atoms with Crippen molar-refractivity contribution in [2.75, 3.05) is 17.7 Å². The highest BCUT2D eigenvalue weighted by Crippen LogP contribution is 2.35. The van der Waals surface area contributed by atoms with Crippen molar-refractivity contribution < 1.29 is 18.3 Å². The Morgan fingerprint density at radius 2 is 2.06 bits per heavy atom. The van der Waals surface area contributed by atoms with Crippen LogP contribution in [0.25, 0.3) is 0 Å². The van der Waals surface area contributed by atoms with E-state index in [0.29, 0.717) is 15.7 Å². The van der Waals surface area contributed by atoms with E-state index < -0.39 is 17.8 Å². The predicted molar refractivity (Wildman–Crippen MR) is 69.1 cm³/mol. The third-order valence-corrected chi connectivity index (χ3v) is 3.56. The van der Waals surface area contributed by atoms with E-state index >= 15 is 0 Å². The first-order valence-electron chi connectivity index (χ1n) is 5.11. The summed E-state index contributed by atoms with van der Waals surface area (Å²) in [5.41, 5.74) is 0.216. The number of halogens is 5. The van der Waals surface area contributed by atoms with Crippen LogP contribution in [-0.2, 0) is 6.18 Å². The third kappa shape index (κ3) is 4.03. The monoisotopic (exact) mass is 345 g/mol. The van der Waals surface area contributed by atoms with Crippen LogP contribution in [0.15, 0.2) is 16.6 Å². The molecule has 0 heterocycles. The van der Waals surface area contributed by atoms with Crippen molar-refractivity contribution >= 4 is 33.2 Å². The Bertz CT molecular complexity index is 425. The molecule has 0 radical (unpaired) electrons. The molecule has 0 bridgehead atoms. The van der Waals surface area contributed by atoms with Crippen LogP contribution in [0, 0.1) is 6.92 Å². The number of anilines is 1. The molecule has 0 aliphatic rings. The summed E-state index contributed by atoms with van der Waals surface area (Å²) in [4.78, 5) is 0. The number of hydrogen-bond donors (Lipinski definition) is 2. The molecule has 0 saturated heterocycles. The molecule has 1 rings (SSSR count). The zero-order chi connectivity index (χ0) is 13.9. The van der Waals surface area contributed by atoms with Crippen LogP contribution in [0.1, 0.15) is 11.1 Å². The van der Waals surface area contributed by atoms with Crippen LogP contribution in [0.2, 0.25) is 0 Å².